The van der Waals surface area contributed by atoms with E-state index in [2.05, 4.69) is 52.5 Å². The minimum absolute atomic E-state index is 0.0704. The summed E-state index contributed by atoms with van der Waals surface area (Å²) in [5, 5.41) is 5.07. The molecule has 0 aliphatic carbocycles. The third kappa shape index (κ3) is 4.49. The van der Waals surface area contributed by atoms with E-state index in [1.807, 2.05) is 30.5 Å². The standard InChI is InChI=1S/C24H25N3O2S2/c1-16-7-9-18(10-8-16)31-21-12-11-20(29-21)23-22(19-6-2-3-13-25-19)26-24(30)27(23)15-17-5-4-14-28-17/h2-3,6-13,17,22-23H,4-5,14-15H2,1H3,(H,26,30). The van der Waals surface area contributed by atoms with Gasteiger partial charge in [0.05, 0.1) is 17.8 Å². The normalized spacial score (nSPS) is 23.3. The fourth-order valence-corrected chi connectivity index (χ4v) is 5.28. The predicted molar refractivity (Wildman–Crippen MR) is 125 cm³/mol. The Labute approximate surface area is 192 Å². The summed E-state index contributed by atoms with van der Waals surface area (Å²) in [5.74, 6) is 0.885. The van der Waals surface area contributed by atoms with Crippen molar-refractivity contribution in [3.05, 3.63) is 77.8 Å². The Morgan fingerprint density at radius 3 is 2.77 bits per heavy atom. The second-order valence-corrected chi connectivity index (χ2v) is 9.45. The number of pyridine rings is 1. The highest BCUT2D eigenvalue weighted by Crippen LogP contribution is 2.41. The zero-order valence-electron chi connectivity index (χ0n) is 17.4. The summed E-state index contributed by atoms with van der Waals surface area (Å²) in [4.78, 5) is 7.96. The van der Waals surface area contributed by atoms with Gasteiger partial charge in [-0.1, -0.05) is 35.5 Å². The highest BCUT2D eigenvalue weighted by Gasteiger charge is 2.42. The average Bonchev–Trinajstić information content (AvgIpc) is 3.52. The highest BCUT2D eigenvalue weighted by atomic mass is 32.2. The van der Waals surface area contributed by atoms with Crippen LogP contribution in [0.2, 0.25) is 0 Å². The van der Waals surface area contributed by atoms with Gasteiger partial charge in [0.1, 0.15) is 11.8 Å². The van der Waals surface area contributed by atoms with Crippen LogP contribution >= 0.6 is 24.0 Å². The monoisotopic (exact) mass is 451 g/mol. The topological polar surface area (TPSA) is 50.5 Å². The molecule has 3 aromatic rings. The number of rotatable bonds is 6. The van der Waals surface area contributed by atoms with Crippen LogP contribution in [0.4, 0.5) is 0 Å². The lowest BCUT2D eigenvalue weighted by atomic mass is 10.0. The Morgan fingerprint density at radius 1 is 1.16 bits per heavy atom. The van der Waals surface area contributed by atoms with Gasteiger partial charge in [-0.3, -0.25) is 4.98 Å². The molecule has 0 spiro atoms. The molecule has 3 atom stereocenters. The van der Waals surface area contributed by atoms with Crippen LogP contribution < -0.4 is 5.32 Å². The predicted octanol–water partition coefficient (Wildman–Crippen LogP) is 5.29. The number of nitrogens with zero attached hydrogens (tertiary/aromatic N) is 2. The first-order valence-electron chi connectivity index (χ1n) is 10.6. The van der Waals surface area contributed by atoms with Gasteiger partial charge in [-0.05, 0) is 68.4 Å². The van der Waals surface area contributed by atoms with Crippen LogP contribution in [0.25, 0.3) is 0 Å². The highest BCUT2D eigenvalue weighted by molar-refractivity contribution is 7.99. The van der Waals surface area contributed by atoms with Crippen molar-refractivity contribution in [2.45, 2.75) is 47.9 Å². The first-order valence-corrected chi connectivity index (χ1v) is 11.8. The molecule has 0 amide bonds. The molecule has 0 radical (unpaired) electrons. The van der Waals surface area contributed by atoms with Crippen LogP contribution in [0.5, 0.6) is 0 Å². The first kappa shape index (κ1) is 20.5. The molecule has 2 aliphatic rings. The summed E-state index contributed by atoms with van der Waals surface area (Å²) in [6.07, 6.45) is 4.18. The van der Waals surface area contributed by atoms with E-state index in [4.69, 9.17) is 21.4 Å². The summed E-state index contributed by atoms with van der Waals surface area (Å²) in [7, 11) is 0. The number of hydrogen-bond donors (Lipinski definition) is 1. The molecule has 2 saturated heterocycles. The molecule has 5 nitrogen and oxygen atoms in total. The Morgan fingerprint density at radius 2 is 2.03 bits per heavy atom. The second-order valence-electron chi connectivity index (χ2n) is 7.99. The molecule has 4 heterocycles. The maximum Gasteiger partial charge on any atom is 0.170 e. The van der Waals surface area contributed by atoms with E-state index in [1.54, 1.807) is 11.8 Å². The molecule has 0 saturated carbocycles. The molecule has 160 valence electrons. The van der Waals surface area contributed by atoms with E-state index in [0.717, 1.165) is 52.5 Å². The van der Waals surface area contributed by atoms with Crippen molar-refractivity contribution in [1.82, 2.24) is 15.2 Å². The minimum Gasteiger partial charge on any atom is -0.452 e. The third-order valence-corrected chi connectivity index (χ3v) is 7.04. The van der Waals surface area contributed by atoms with E-state index in [-0.39, 0.29) is 18.2 Å². The molecule has 31 heavy (non-hydrogen) atoms. The van der Waals surface area contributed by atoms with Crippen molar-refractivity contribution >= 4 is 29.1 Å². The number of nitrogens with one attached hydrogen (secondary N) is 1. The van der Waals surface area contributed by atoms with Gasteiger partial charge in [-0.2, -0.15) is 0 Å². The molecule has 2 aliphatic heterocycles. The maximum absolute atomic E-state index is 6.35. The Hall–Kier alpha value is -2.35. The molecular weight excluding hydrogens is 426 g/mol. The molecule has 7 heteroatoms. The lowest BCUT2D eigenvalue weighted by Crippen LogP contribution is -2.36. The number of aromatic nitrogens is 1. The van der Waals surface area contributed by atoms with Crippen LogP contribution in [-0.2, 0) is 4.74 Å². The number of furan rings is 1. The SMILES string of the molecule is Cc1ccc(Sc2ccc(C3C(c4ccccn4)NC(=S)N3CC3CCCO3)o2)cc1. The fourth-order valence-electron chi connectivity index (χ4n) is 4.19. The lowest BCUT2D eigenvalue weighted by molar-refractivity contribution is 0.0812. The smallest absolute Gasteiger partial charge is 0.170 e. The van der Waals surface area contributed by atoms with Crippen LogP contribution in [0, 0.1) is 6.92 Å². The zero-order chi connectivity index (χ0) is 21.2. The van der Waals surface area contributed by atoms with E-state index in [9.17, 15) is 0 Å². The summed E-state index contributed by atoms with van der Waals surface area (Å²) in [6, 6.07) is 18.4. The van der Waals surface area contributed by atoms with Gasteiger partial charge in [0.15, 0.2) is 10.2 Å². The van der Waals surface area contributed by atoms with Gasteiger partial charge < -0.3 is 19.4 Å². The van der Waals surface area contributed by atoms with Crippen molar-refractivity contribution in [2.75, 3.05) is 13.2 Å². The van der Waals surface area contributed by atoms with Gasteiger partial charge in [0.25, 0.3) is 0 Å². The number of aryl methyl sites for hydroxylation is 1. The van der Waals surface area contributed by atoms with Crippen molar-refractivity contribution < 1.29 is 9.15 Å². The quantitative estimate of drug-likeness (QED) is 0.511. The third-order valence-electron chi connectivity index (χ3n) is 5.76. The number of benzene rings is 1. The first-order chi connectivity index (χ1) is 15.2. The Kier molecular flexibility index (Phi) is 5.98. The van der Waals surface area contributed by atoms with Crippen LogP contribution in [0.15, 0.2) is 75.2 Å². The Balaban J connectivity index is 1.43. The second kappa shape index (κ2) is 9.02. The Bertz CT molecular complexity index is 1030. The van der Waals surface area contributed by atoms with Crippen LogP contribution in [0.1, 0.15) is 41.9 Å². The zero-order valence-corrected chi connectivity index (χ0v) is 19.0. The molecule has 2 fully saturated rings. The molecule has 0 bridgehead atoms. The van der Waals surface area contributed by atoms with Crippen molar-refractivity contribution in [3.8, 4) is 0 Å². The molecule has 1 N–H and O–H groups in total. The van der Waals surface area contributed by atoms with E-state index >= 15 is 0 Å². The summed E-state index contributed by atoms with van der Waals surface area (Å²) in [6.45, 7) is 3.67. The van der Waals surface area contributed by atoms with E-state index in [1.165, 1.54) is 5.56 Å². The van der Waals surface area contributed by atoms with Gasteiger partial charge in [0.2, 0.25) is 0 Å². The number of hydrogen-bond acceptors (Lipinski definition) is 5. The average molecular weight is 452 g/mol. The minimum atomic E-state index is -0.0709. The van der Waals surface area contributed by atoms with Gasteiger partial charge in [0, 0.05) is 24.2 Å². The van der Waals surface area contributed by atoms with Gasteiger partial charge in [-0.15, -0.1) is 0 Å². The summed E-state index contributed by atoms with van der Waals surface area (Å²) >= 11 is 7.37. The molecule has 2 aromatic heterocycles. The maximum atomic E-state index is 6.35. The van der Waals surface area contributed by atoms with Gasteiger partial charge >= 0.3 is 0 Å². The van der Waals surface area contributed by atoms with Crippen LogP contribution in [0.3, 0.4) is 0 Å². The summed E-state index contributed by atoms with van der Waals surface area (Å²) in [5.41, 5.74) is 2.20. The summed E-state index contributed by atoms with van der Waals surface area (Å²) < 4.78 is 12.3. The van der Waals surface area contributed by atoms with E-state index < -0.39 is 0 Å². The fraction of sp³-hybridized carbons (Fsp3) is 0.333. The van der Waals surface area contributed by atoms with Crippen molar-refractivity contribution in [1.29, 1.82) is 0 Å². The van der Waals surface area contributed by atoms with Gasteiger partial charge in [-0.25, -0.2) is 0 Å². The lowest BCUT2D eigenvalue weighted by Gasteiger charge is -2.28. The number of ether oxygens (including phenoxy) is 1. The molecule has 3 unspecified atom stereocenters. The van der Waals surface area contributed by atoms with Crippen LogP contribution in [-0.4, -0.2) is 34.3 Å². The molecule has 1 aromatic carbocycles. The molecule has 5 rings (SSSR count). The van der Waals surface area contributed by atoms with Crippen molar-refractivity contribution in [2.24, 2.45) is 0 Å². The number of thiocarbonyl (C=S) groups is 1. The molecular formula is C24H25N3O2S2. The largest absolute Gasteiger partial charge is 0.452 e. The van der Waals surface area contributed by atoms with Crippen molar-refractivity contribution in [3.63, 3.8) is 0 Å². The van der Waals surface area contributed by atoms with E-state index in [0.29, 0.717) is 0 Å².